The third kappa shape index (κ3) is 25.4. The molecule has 0 heterocycles. The molecular formula is C48H74N10O19. The van der Waals surface area contributed by atoms with E-state index in [9.17, 15) is 93.0 Å². The molecule has 0 aliphatic carbocycles. The van der Waals surface area contributed by atoms with Crippen LogP contribution in [-0.2, 0) is 68.7 Å². The second-order valence-corrected chi connectivity index (χ2v) is 19.5. The molecule has 0 fully saturated rings. The number of aliphatic hydroxyl groups is 1. The van der Waals surface area contributed by atoms with Gasteiger partial charge in [0.2, 0.25) is 53.2 Å². The molecular weight excluding hydrogens is 1020 g/mol. The lowest BCUT2D eigenvalue weighted by atomic mass is 9.99. The maximum absolute atomic E-state index is 14.3. The summed E-state index contributed by atoms with van der Waals surface area (Å²) >= 11 is 0. The summed E-state index contributed by atoms with van der Waals surface area (Å²) in [5, 5.41) is 76.1. The van der Waals surface area contributed by atoms with Crippen molar-refractivity contribution in [1.82, 2.24) is 42.5 Å². The standard InChI is InChI=1S/C48H74N10O19/c1-21(2)16-29(42(70)52-27(12-14-35(62)63)40(68)51-28(13-15-36(64)65)41(69)58-39(24(7)59)48(76)77)53-44(72)31(18-25-8-10-26(60)11-9-25)54-46(74)33(20-37(66)67)56-45(73)32(19-34(49)61)55-43(71)30(17-22(3)4)57-47(75)38(50)23(5)6/h8-11,21-24,27-33,38-39,59-60H,12-20,50H2,1-7H3,(H2,49,61)(H,51,68)(H,52,70)(H,53,72)(H,54,74)(H,55,71)(H,56,73)(H,57,75)(H,58,69)(H,62,63)(H,64,65)(H,66,67)(H,76,77)/t24-,27+,28+,29+,30+,31+,32+,33+,38+,39+/m1/s1. The quantitative estimate of drug-likeness (QED) is 0.0313. The van der Waals surface area contributed by atoms with Gasteiger partial charge in [-0.25, -0.2) is 4.79 Å². The first-order valence-corrected chi connectivity index (χ1v) is 24.5. The van der Waals surface area contributed by atoms with Crippen molar-refractivity contribution in [3.05, 3.63) is 29.8 Å². The largest absolute Gasteiger partial charge is 0.508 e. The van der Waals surface area contributed by atoms with Crippen molar-refractivity contribution < 1.29 is 93.0 Å². The summed E-state index contributed by atoms with van der Waals surface area (Å²) in [7, 11) is 0. The molecule has 430 valence electrons. The Morgan fingerprint density at radius 2 is 0.818 bits per heavy atom. The van der Waals surface area contributed by atoms with Crippen LogP contribution >= 0.6 is 0 Å². The first kappa shape index (κ1) is 67.1. The Labute approximate surface area is 443 Å². The minimum Gasteiger partial charge on any atom is -0.508 e. The zero-order chi connectivity index (χ0) is 59.0. The van der Waals surface area contributed by atoms with Crippen molar-refractivity contribution in [3.8, 4) is 5.75 Å². The Balaban J connectivity index is 3.69. The molecule has 0 saturated carbocycles. The van der Waals surface area contributed by atoms with Gasteiger partial charge in [-0.3, -0.25) is 57.5 Å². The van der Waals surface area contributed by atoms with E-state index in [0.29, 0.717) is 0 Å². The molecule has 1 aromatic carbocycles. The monoisotopic (exact) mass is 1090 g/mol. The van der Waals surface area contributed by atoms with Gasteiger partial charge in [-0.1, -0.05) is 53.7 Å². The average molecular weight is 1100 g/mol. The van der Waals surface area contributed by atoms with E-state index >= 15 is 0 Å². The molecule has 77 heavy (non-hydrogen) atoms. The number of carboxylic acid groups (broad SMARTS) is 4. The van der Waals surface area contributed by atoms with Gasteiger partial charge < -0.3 is 84.6 Å². The van der Waals surface area contributed by atoms with Gasteiger partial charge in [0.05, 0.1) is 25.0 Å². The zero-order valence-electron chi connectivity index (χ0n) is 43.8. The molecule has 0 saturated heterocycles. The van der Waals surface area contributed by atoms with E-state index in [-0.39, 0.29) is 36.0 Å². The van der Waals surface area contributed by atoms with Gasteiger partial charge in [0.25, 0.3) is 0 Å². The van der Waals surface area contributed by atoms with E-state index in [0.717, 1.165) is 6.92 Å². The molecule has 1 aromatic rings. The number of benzene rings is 1. The van der Waals surface area contributed by atoms with E-state index in [4.69, 9.17) is 11.5 Å². The Morgan fingerprint density at radius 3 is 1.19 bits per heavy atom. The number of amides is 9. The normalized spacial score (nSPS) is 15.1. The summed E-state index contributed by atoms with van der Waals surface area (Å²) in [6, 6.07) is -9.98. The highest BCUT2D eigenvalue weighted by Crippen LogP contribution is 2.15. The predicted molar refractivity (Wildman–Crippen MR) is 268 cm³/mol. The Bertz CT molecular complexity index is 2280. The van der Waals surface area contributed by atoms with Crippen LogP contribution in [0, 0.1) is 17.8 Å². The SMILES string of the molecule is CC(C)C[C@H](NC(=O)[C@H](Cc1ccc(O)cc1)NC(=O)[C@H](CC(=O)O)NC(=O)[C@H](CC(N)=O)NC(=O)[C@H](CC(C)C)NC(=O)[C@@H](N)C(C)C)C(=O)N[C@@H](CCC(=O)O)C(=O)N[C@@H](CCC(=O)O)C(=O)N[C@H](C(=O)O)[C@@H](C)O. The van der Waals surface area contributed by atoms with Gasteiger partial charge in [0, 0.05) is 19.3 Å². The summed E-state index contributed by atoms with van der Waals surface area (Å²) in [4.78, 5) is 169. The second kappa shape index (κ2) is 32.5. The molecule has 29 nitrogen and oxygen atoms in total. The van der Waals surface area contributed by atoms with Crippen LogP contribution in [0.25, 0.3) is 0 Å². The highest BCUT2D eigenvalue weighted by molar-refractivity contribution is 6.00. The van der Waals surface area contributed by atoms with Gasteiger partial charge in [-0.15, -0.1) is 0 Å². The number of carbonyl (C=O) groups is 13. The summed E-state index contributed by atoms with van der Waals surface area (Å²) in [6.45, 7) is 11.1. The maximum atomic E-state index is 14.3. The lowest BCUT2D eigenvalue weighted by Gasteiger charge is -2.28. The van der Waals surface area contributed by atoms with E-state index in [1.54, 1.807) is 41.5 Å². The number of aromatic hydroxyl groups is 1. The van der Waals surface area contributed by atoms with Crippen LogP contribution in [0.1, 0.15) is 105 Å². The number of nitrogens with one attached hydrogen (secondary N) is 8. The lowest BCUT2D eigenvalue weighted by molar-refractivity contribution is -0.145. The number of hydrogen-bond acceptors (Lipinski definition) is 16. The van der Waals surface area contributed by atoms with Gasteiger partial charge in [-0.05, 0) is 68.1 Å². The molecule has 0 aliphatic heterocycles. The van der Waals surface area contributed by atoms with E-state index in [1.165, 1.54) is 24.3 Å². The van der Waals surface area contributed by atoms with Crippen LogP contribution in [0.2, 0.25) is 0 Å². The van der Waals surface area contributed by atoms with Crippen LogP contribution in [-0.4, -0.2) is 168 Å². The Morgan fingerprint density at radius 1 is 0.468 bits per heavy atom. The molecule has 0 bridgehead atoms. The van der Waals surface area contributed by atoms with Gasteiger partial charge in [0.15, 0.2) is 6.04 Å². The van der Waals surface area contributed by atoms with E-state index < -0.39 is 188 Å². The number of phenols is 1. The first-order valence-electron chi connectivity index (χ1n) is 24.5. The summed E-state index contributed by atoms with van der Waals surface area (Å²) in [5.74, 6) is -17.6. The lowest BCUT2D eigenvalue weighted by Crippen LogP contribution is -2.61. The first-order chi connectivity index (χ1) is 35.7. The molecule has 9 amide bonds. The van der Waals surface area contributed by atoms with Crippen LogP contribution in [0.4, 0.5) is 0 Å². The molecule has 0 radical (unpaired) electrons. The third-order valence-electron chi connectivity index (χ3n) is 11.4. The van der Waals surface area contributed by atoms with E-state index in [2.05, 4.69) is 37.2 Å². The molecule has 0 aromatic heterocycles. The molecule has 29 heteroatoms. The molecule has 10 atom stereocenters. The number of nitrogens with two attached hydrogens (primary N) is 2. The highest BCUT2D eigenvalue weighted by Gasteiger charge is 2.37. The highest BCUT2D eigenvalue weighted by atomic mass is 16.4. The van der Waals surface area contributed by atoms with Crippen LogP contribution < -0.4 is 54.0 Å². The van der Waals surface area contributed by atoms with Gasteiger partial charge in [0.1, 0.15) is 48.0 Å². The maximum Gasteiger partial charge on any atom is 0.328 e. The summed E-state index contributed by atoms with van der Waals surface area (Å²) in [6.07, 6.45) is -7.14. The fraction of sp³-hybridized carbons (Fsp3) is 0.604. The van der Waals surface area contributed by atoms with E-state index in [1.807, 2.05) is 5.32 Å². The van der Waals surface area contributed by atoms with Crippen molar-refractivity contribution >= 4 is 77.0 Å². The number of carboxylic acids is 4. The van der Waals surface area contributed by atoms with Crippen molar-refractivity contribution in [3.63, 3.8) is 0 Å². The summed E-state index contributed by atoms with van der Waals surface area (Å²) in [5.41, 5.74) is 11.6. The number of aliphatic carboxylic acids is 4. The number of rotatable bonds is 35. The molecule has 0 spiro atoms. The number of phenolic OH excluding ortho intramolecular Hbond substituents is 1. The summed E-state index contributed by atoms with van der Waals surface area (Å²) < 4.78 is 0. The predicted octanol–water partition coefficient (Wildman–Crippen LogP) is -3.57. The molecule has 18 N–H and O–H groups in total. The van der Waals surface area contributed by atoms with Crippen LogP contribution in [0.15, 0.2) is 24.3 Å². The van der Waals surface area contributed by atoms with Crippen molar-refractivity contribution in [2.75, 3.05) is 0 Å². The third-order valence-corrected chi connectivity index (χ3v) is 11.4. The zero-order valence-corrected chi connectivity index (χ0v) is 43.8. The number of carbonyl (C=O) groups excluding carboxylic acids is 9. The molecule has 0 unspecified atom stereocenters. The fourth-order valence-corrected chi connectivity index (χ4v) is 7.20. The van der Waals surface area contributed by atoms with Crippen molar-refractivity contribution in [2.24, 2.45) is 29.2 Å². The number of aliphatic hydroxyl groups excluding tert-OH is 1. The Kier molecular flexibility index (Phi) is 28.3. The fourth-order valence-electron chi connectivity index (χ4n) is 7.20. The van der Waals surface area contributed by atoms with Crippen molar-refractivity contribution in [1.29, 1.82) is 0 Å². The minimum absolute atomic E-state index is 0.0307. The smallest absolute Gasteiger partial charge is 0.328 e. The minimum atomic E-state index is -2.05. The van der Waals surface area contributed by atoms with Crippen molar-refractivity contribution in [2.45, 2.75) is 167 Å². The topological polar surface area (TPSA) is 492 Å². The number of hydrogen-bond donors (Lipinski definition) is 16. The average Bonchev–Trinajstić information content (AvgIpc) is 3.31. The second-order valence-electron chi connectivity index (χ2n) is 19.5. The molecule has 1 rings (SSSR count). The molecule has 0 aliphatic rings. The Hall–Kier alpha value is -7.95. The van der Waals surface area contributed by atoms with Gasteiger partial charge >= 0.3 is 23.9 Å². The van der Waals surface area contributed by atoms with Gasteiger partial charge in [-0.2, -0.15) is 0 Å². The van der Waals surface area contributed by atoms with Crippen LogP contribution in [0.5, 0.6) is 5.75 Å². The van der Waals surface area contributed by atoms with Crippen LogP contribution in [0.3, 0.4) is 0 Å². The number of primary amides is 1.